The van der Waals surface area contributed by atoms with Crippen molar-refractivity contribution in [3.8, 4) is 6.07 Å². The Morgan fingerprint density at radius 1 is 1.47 bits per heavy atom. The highest BCUT2D eigenvalue weighted by Gasteiger charge is 2.46. The van der Waals surface area contributed by atoms with Crippen LogP contribution in [0.5, 0.6) is 0 Å². The Labute approximate surface area is 110 Å². The lowest BCUT2D eigenvalue weighted by atomic mass is 9.86. The predicted molar refractivity (Wildman–Crippen MR) is 70.5 cm³/mol. The Morgan fingerprint density at radius 3 is 2.84 bits per heavy atom. The normalized spacial score (nSPS) is 16.6. The number of anilines is 1. The van der Waals surface area contributed by atoms with Gasteiger partial charge in [-0.15, -0.1) is 0 Å². The molecule has 3 rings (SSSR count). The van der Waals surface area contributed by atoms with E-state index in [-0.39, 0.29) is 19.1 Å². The predicted octanol–water partition coefficient (Wildman–Crippen LogP) is 1.95. The van der Waals surface area contributed by atoms with Crippen LogP contribution in [0.4, 0.5) is 5.69 Å². The highest BCUT2D eigenvalue weighted by atomic mass is 16.5. The zero-order valence-corrected chi connectivity index (χ0v) is 10.5. The molecular weight excluding hydrogens is 242 g/mol. The van der Waals surface area contributed by atoms with Crippen LogP contribution in [-0.4, -0.2) is 24.1 Å². The van der Waals surface area contributed by atoms with Crippen LogP contribution in [-0.2, 0) is 9.53 Å². The van der Waals surface area contributed by atoms with E-state index in [1.807, 2.05) is 37.3 Å². The van der Waals surface area contributed by atoms with Crippen molar-refractivity contribution in [1.82, 2.24) is 4.98 Å². The van der Waals surface area contributed by atoms with Gasteiger partial charge in [-0.05, 0) is 13.0 Å². The van der Waals surface area contributed by atoms with E-state index in [4.69, 9.17) is 10.00 Å². The monoisotopic (exact) mass is 255 g/mol. The van der Waals surface area contributed by atoms with Crippen molar-refractivity contribution in [1.29, 1.82) is 5.26 Å². The molecule has 0 unspecified atom stereocenters. The van der Waals surface area contributed by atoms with E-state index >= 15 is 0 Å². The van der Waals surface area contributed by atoms with Gasteiger partial charge in [0, 0.05) is 16.6 Å². The molecule has 0 atom stereocenters. The average Bonchev–Trinajstić information content (AvgIpc) is 2.66. The van der Waals surface area contributed by atoms with Gasteiger partial charge in [-0.25, -0.2) is 0 Å². The van der Waals surface area contributed by atoms with Gasteiger partial charge >= 0.3 is 0 Å². The second kappa shape index (κ2) is 4.11. The summed E-state index contributed by atoms with van der Waals surface area (Å²) in [5.74, 6) is -0.297. The van der Waals surface area contributed by atoms with E-state index in [1.54, 1.807) is 0 Å². The lowest BCUT2D eigenvalue weighted by molar-refractivity contribution is -0.144. The van der Waals surface area contributed by atoms with Crippen LogP contribution in [0.15, 0.2) is 24.3 Å². The van der Waals surface area contributed by atoms with Crippen molar-refractivity contribution in [3.05, 3.63) is 30.0 Å². The van der Waals surface area contributed by atoms with E-state index in [9.17, 15) is 4.79 Å². The van der Waals surface area contributed by atoms with Gasteiger partial charge in [-0.1, -0.05) is 18.2 Å². The summed E-state index contributed by atoms with van der Waals surface area (Å²) in [6.45, 7) is 2.22. The molecule has 2 heterocycles. The van der Waals surface area contributed by atoms with Gasteiger partial charge in [0.05, 0.1) is 25.0 Å². The van der Waals surface area contributed by atoms with Crippen LogP contribution in [0, 0.1) is 23.7 Å². The molecule has 5 heteroatoms. The molecule has 1 saturated heterocycles. The first kappa shape index (κ1) is 11.8. The Kier molecular flexibility index (Phi) is 2.54. The maximum absolute atomic E-state index is 12.2. The van der Waals surface area contributed by atoms with E-state index in [2.05, 4.69) is 10.3 Å². The molecule has 0 saturated carbocycles. The molecule has 19 heavy (non-hydrogen) atoms. The number of aromatic amines is 1. The Hall–Kier alpha value is -2.32. The summed E-state index contributed by atoms with van der Waals surface area (Å²) in [6.07, 6.45) is 0. The number of hydrogen-bond donors (Lipinski definition) is 2. The second-order valence-corrected chi connectivity index (χ2v) is 4.81. The van der Waals surface area contributed by atoms with Gasteiger partial charge < -0.3 is 15.0 Å². The SMILES string of the molecule is Cc1[nH]c2ccccc2c1NC(=O)C1(C#N)COC1. The van der Waals surface area contributed by atoms with Crippen molar-refractivity contribution >= 4 is 22.5 Å². The number of nitrogens with zero attached hydrogens (tertiary/aromatic N) is 1. The molecule has 1 aliphatic rings. The number of rotatable bonds is 2. The first-order valence-electron chi connectivity index (χ1n) is 6.04. The zero-order valence-electron chi connectivity index (χ0n) is 10.5. The third-order valence-corrected chi connectivity index (χ3v) is 3.48. The molecule has 1 amide bonds. The molecule has 2 aromatic rings. The van der Waals surface area contributed by atoms with Crippen molar-refractivity contribution in [2.75, 3.05) is 18.5 Å². The third kappa shape index (κ3) is 1.69. The molecular formula is C14H13N3O2. The van der Waals surface area contributed by atoms with E-state index in [0.717, 1.165) is 22.3 Å². The highest BCUT2D eigenvalue weighted by Crippen LogP contribution is 2.32. The van der Waals surface area contributed by atoms with Gasteiger partial charge in [0.25, 0.3) is 0 Å². The molecule has 2 N–H and O–H groups in total. The van der Waals surface area contributed by atoms with E-state index < -0.39 is 5.41 Å². The Balaban J connectivity index is 1.96. The number of para-hydroxylation sites is 1. The molecule has 96 valence electrons. The summed E-state index contributed by atoms with van der Waals surface area (Å²) in [5, 5.41) is 12.9. The second-order valence-electron chi connectivity index (χ2n) is 4.81. The van der Waals surface area contributed by atoms with Gasteiger partial charge in [-0.2, -0.15) is 5.26 Å². The standard InChI is InChI=1S/C14H13N3O2/c1-9-12(10-4-2-3-5-11(10)16-9)17-13(18)14(6-15)7-19-8-14/h2-5,16H,7-8H2,1H3,(H,17,18). The van der Waals surface area contributed by atoms with Crippen molar-refractivity contribution in [2.45, 2.75) is 6.92 Å². The Morgan fingerprint density at radius 2 is 2.21 bits per heavy atom. The van der Waals surface area contributed by atoms with Gasteiger partial charge in [0.1, 0.15) is 0 Å². The lowest BCUT2D eigenvalue weighted by Crippen LogP contribution is -2.50. The number of hydrogen-bond acceptors (Lipinski definition) is 3. The number of nitriles is 1. The summed E-state index contributed by atoms with van der Waals surface area (Å²) in [5.41, 5.74) is 1.54. The summed E-state index contributed by atoms with van der Waals surface area (Å²) in [4.78, 5) is 15.4. The van der Waals surface area contributed by atoms with Crippen LogP contribution in [0.3, 0.4) is 0 Å². The molecule has 1 aliphatic heterocycles. The number of nitrogens with one attached hydrogen (secondary N) is 2. The number of ether oxygens (including phenoxy) is 1. The van der Waals surface area contributed by atoms with Crippen molar-refractivity contribution < 1.29 is 9.53 Å². The minimum atomic E-state index is -1.04. The lowest BCUT2D eigenvalue weighted by Gasteiger charge is -2.33. The Bertz CT molecular complexity index is 692. The van der Waals surface area contributed by atoms with Gasteiger partial charge in [-0.3, -0.25) is 4.79 Å². The minimum Gasteiger partial charge on any atom is -0.377 e. The number of carbonyl (C=O) groups excluding carboxylic acids is 1. The van der Waals surface area contributed by atoms with Crippen molar-refractivity contribution in [2.24, 2.45) is 5.41 Å². The van der Waals surface area contributed by atoms with E-state index in [1.165, 1.54) is 0 Å². The smallest absolute Gasteiger partial charge is 0.249 e. The first-order valence-corrected chi connectivity index (χ1v) is 6.04. The maximum Gasteiger partial charge on any atom is 0.249 e. The van der Waals surface area contributed by atoms with Gasteiger partial charge in [0.2, 0.25) is 5.91 Å². The summed E-state index contributed by atoms with van der Waals surface area (Å²) < 4.78 is 5.00. The summed E-state index contributed by atoms with van der Waals surface area (Å²) in [6, 6.07) is 9.78. The number of aromatic nitrogens is 1. The third-order valence-electron chi connectivity index (χ3n) is 3.48. The average molecular weight is 255 g/mol. The fourth-order valence-electron chi connectivity index (χ4n) is 2.22. The molecule has 1 aromatic heterocycles. The fraction of sp³-hybridized carbons (Fsp3) is 0.286. The van der Waals surface area contributed by atoms with Crippen LogP contribution >= 0.6 is 0 Å². The van der Waals surface area contributed by atoms with E-state index in [0.29, 0.717) is 0 Å². The molecule has 1 aromatic carbocycles. The topological polar surface area (TPSA) is 77.9 Å². The van der Waals surface area contributed by atoms with Crippen LogP contribution in [0.2, 0.25) is 0 Å². The van der Waals surface area contributed by atoms with Crippen LogP contribution in [0.1, 0.15) is 5.69 Å². The molecule has 5 nitrogen and oxygen atoms in total. The van der Waals surface area contributed by atoms with Crippen molar-refractivity contribution in [3.63, 3.8) is 0 Å². The number of aryl methyl sites for hydroxylation is 1. The minimum absolute atomic E-state index is 0.163. The molecule has 0 spiro atoms. The quantitative estimate of drug-likeness (QED) is 0.861. The number of fused-ring (bicyclic) bond motifs is 1. The number of H-pyrrole nitrogens is 1. The molecule has 0 bridgehead atoms. The first-order chi connectivity index (χ1) is 9.16. The maximum atomic E-state index is 12.2. The number of carbonyl (C=O) groups is 1. The zero-order chi connectivity index (χ0) is 13.5. The molecule has 0 radical (unpaired) electrons. The number of benzene rings is 1. The van der Waals surface area contributed by atoms with Crippen LogP contribution < -0.4 is 5.32 Å². The summed E-state index contributed by atoms with van der Waals surface area (Å²) in [7, 11) is 0. The van der Waals surface area contributed by atoms with Gasteiger partial charge in [0.15, 0.2) is 5.41 Å². The fourth-order valence-corrected chi connectivity index (χ4v) is 2.22. The molecule has 1 fully saturated rings. The number of amides is 1. The largest absolute Gasteiger partial charge is 0.377 e. The molecule has 0 aliphatic carbocycles. The highest BCUT2D eigenvalue weighted by molar-refractivity contribution is 6.06. The van der Waals surface area contributed by atoms with Crippen LogP contribution in [0.25, 0.3) is 10.9 Å². The summed E-state index contributed by atoms with van der Waals surface area (Å²) >= 11 is 0.